The third-order valence-corrected chi connectivity index (χ3v) is 5.56. The van der Waals surface area contributed by atoms with E-state index in [1.165, 1.54) is 19.3 Å². The average Bonchev–Trinajstić information content (AvgIpc) is 3.04. The van der Waals surface area contributed by atoms with Crippen molar-refractivity contribution >= 4 is 34.5 Å². The van der Waals surface area contributed by atoms with Gasteiger partial charge in [0.15, 0.2) is 10.8 Å². The first-order valence-corrected chi connectivity index (χ1v) is 11.2. The number of thioether (sulfide) groups is 1. The number of piperidine rings is 1. The minimum atomic E-state index is 0.0890. The summed E-state index contributed by atoms with van der Waals surface area (Å²) in [6.45, 7) is 11.6. The molecule has 7 nitrogen and oxygen atoms in total. The van der Waals surface area contributed by atoms with Crippen molar-refractivity contribution in [3.05, 3.63) is 6.20 Å². The van der Waals surface area contributed by atoms with Crippen molar-refractivity contribution in [3.63, 3.8) is 0 Å². The van der Waals surface area contributed by atoms with Crippen LogP contribution in [-0.4, -0.2) is 50.5 Å². The maximum absolute atomic E-state index is 11.9. The van der Waals surface area contributed by atoms with E-state index in [1.807, 2.05) is 24.7 Å². The van der Waals surface area contributed by atoms with Crippen LogP contribution in [0.1, 0.15) is 53.4 Å². The Balaban J connectivity index is 1.82. The fraction of sp³-hybridized carbons (Fsp3) is 0.700. The molecule has 0 aliphatic carbocycles. The molecule has 28 heavy (non-hydrogen) atoms. The molecular formula is C20H32N6OS. The summed E-state index contributed by atoms with van der Waals surface area (Å²) in [7, 11) is 0. The molecule has 8 heteroatoms. The lowest BCUT2D eigenvalue weighted by atomic mass is 10.1. The highest BCUT2D eigenvalue weighted by Crippen LogP contribution is 2.30. The van der Waals surface area contributed by atoms with Gasteiger partial charge in [-0.2, -0.15) is 5.10 Å². The molecule has 1 aliphatic heterocycles. The molecule has 154 valence electrons. The van der Waals surface area contributed by atoms with Gasteiger partial charge in [0.2, 0.25) is 5.91 Å². The zero-order valence-corrected chi connectivity index (χ0v) is 18.3. The third kappa shape index (κ3) is 5.37. The number of aromatic nitrogens is 4. The Morgan fingerprint density at radius 1 is 1.18 bits per heavy atom. The van der Waals surface area contributed by atoms with Gasteiger partial charge in [0, 0.05) is 31.3 Å². The minimum absolute atomic E-state index is 0.0890. The molecule has 0 aromatic carbocycles. The zero-order chi connectivity index (χ0) is 20.1. The van der Waals surface area contributed by atoms with Crippen LogP contribution in [0.3, 0.4) is 0 Å². The van der Waals surface area contributed by atoms with Crippen LogP contribution in [0.15, 0.2) is 11.4 Å². The lowest BCUT2D eigenvalue weighted by Gasteiger charge is -2.28. The van der Waals surface area contributed by atoms with Crippen LogP contribution < -0.4 is 10.2 Å². The lowest BCUT2D eigenvalue weighted by molar-refractivity contribution is -0.121. The number of nitrogens with zero attached hydrogens (tertiary/aromatic N) is 5. The van der Waals surface area contributed by atoms with Crippen molar-refractivity contribution in [2.45, 2.75) is 70.3 Å². The van der Waals surface area contributed by atoms with Gasteiger partial charge in [-0.25, -0.2) is 14.6 Å². The Labute approximate surface area is 171 Å². The Morgan fingerprint density at radius 2 is 1.93 bits per heavy atom. The smallest absolute Gasteiger partial charge is 0.220 e. The van der Waals surface area contributed by atoms with Gasteiger partial charge in [0.25, 0.3) is 0 Å². The van der Waals surface area contributed by atoms with Gasteiger partial charge >= 0.3 is 0 Å². The van der Waals surface area contributed by atoms with Crippen LogP contribution in [-0.2, 0) is 11.3 Å². The van der Waals surface area contributed by atoms with Crippen LogP contribution in [0.2, 0.25) is 0 Å². The van der Waals surface area contributed by atoms with Gasteiger partial charge in [0.1, 0.15) is 5.82 Å². The first-order chi connectivity index (χ1) is 13.4. The minimum Gasteiger partial charge on any atom is -0.356 e. The van der Waals surface area contributed by atoms with E-state index < -0.39 is 0 Å². The molecule has 1 amide bonds. The second-order valence-electron chi connectivity index (χ2n) is 8.10. The second kappa shape index (κ2) is 9.58. The van der Waals surface area contributed by atoms with Crippen molar-refractivity contribution in [2.24, 2.45) is 5.92 Å². The highest BCUT2D eigenvalue weighted by atomic mass is 32.2. The quantitative estimate of drug-likeness (QED) is 0.536. The molecule has 1 saturated heterocycles. The number of anilines is 1. The van der Waals surface area contributed by atoms with Crippen LogP contribution in [0.4, 0.5) is 5.82 Å². The van der Waals surface area contributed by atoms with Crippen molar-refractivity contribution in [1.29, 1.82) is 0 Å². The summed E-state index contributed by atoms with van der Waals surface area (Å²) in [4.78, 5) is 23.9. The summed E-state index contributed by atoms with van der Waals surface area (Å²) in [5.41, 5.74) is 0.858. The predicted molar refractivity (Wildman–Crippen MR) is 115 cm³/mol. The van der Waals surface area contributed by atoms with E-state index >= 15 is 0 Å². The standard InChI is InChI=1S/C20H32N6OS/c1-14(2)12-17(27)21-8-11-26-19-16(13-22-26)18(25-9-6-5-7-10-25)23-20(24-19)28-15(3)4/h13-15H,5-12H2,1-4H3,(H,21,27). The number of carbonyl (C=O) groups is 1. The van der Waals surface area contributed by atoms with E-state index in [1.54, 1.807) is 11.8 Å². The number of amides is 1. The summed E-state index contributed by atoms with van der Waals surface area (Å²) in [5, 5.41) is 9.76. The number of rotatable bonds is 8. The van der Waals surface area contributed by atoms with Crippen molar-refractivity contribution in [3.8, 4) is 0 Å². The Kier molecular flexibility index (Phi) is 7.15. The second-order valence-corrected chi connectivity index (χ2v) is 9.64. The zero-order valence-electron chi connectivity index (χ0n) is 17.4. The van der Waals surface area contributed by atoms with Gasteiger partial charge in [-0.1, -0.05) is 39.5 Å². The molecule has 2 aromatic heterocycles. The van der Waals surface area contributed by atoms with Gasteiger partial charge in [0.05, 0.1) is 18.1 Å². The van der Waals surface area contributed by atoms with Gasteiger partial charge in [-0.05, 0) is 25.2 Å². The van der Waals surface area contributed by atoms with Gasteiger partial charge in [-0.15, -0.1) is 0 Å². The molecule has 0 saturated carbocycles. The van der Waals surface area contributed by atoms with E-state index in [-0.39, 0.29) is 5.91 Å². The summed E-state index contributed by atoms with van der Waals surface area (Å²) in [5.74, 6) is 1.45. The molecule has 3 rings (SSSR count). The summed E-state index contributed by atoms with van der Waals surface area (Å²) in [6, 6.07) is 0. The molecule has 0 unspecified atom stereocenters. The third-order valence-electron chi connectivity index (χ3n) is 4.69. The van der Waals surface area contributed by atoms with Crippen LogP contribution >= 0.6 is 11.8 Å². The maximum Gasteiger partial charge on any atom is 0.220 e. The number of carbonyl (C=O) groups excluding carboxylic acids is 1. The topological polar surface area (TPSA) is 75.9 Å². The van der Waals surface area contributed by atoms with Crippen LogP contribution in [0, 0.1) is 5.92 Å². The molecule has 0 radical (unpaired) electrons. The molecular weight excluding hydrogens is 372 g/mol. The van der Waals surface area contributed by atoms with Crippen molar-refractivity contribution in [2.75, 3.05) is 24.5 Å². The molecule has 2 aromatic rings. The molecule has 1 aliphatic rings. The van der Waals surface area contributed by atoms with Crippen molar-refractivity contribution < 1.29 is 4.79 Å². The summed E-state index contributed by atoms with van der Waals surface area (Å²) >= 11 is 1.68. The number of hydrogen-bond acceptors (Lipinski definition) is 6. The lowest BCUT2D eigenvalue weighted by Crippen LogP contribution is -2.30. The molecule has 0 bridgehead atoms. The number of hydrogen-bond donors (Lipinski definition) is 1. The van der Waals surface area contributed by atoms with Gasteiger partial charge < -0.3 is 10.2 Å². The molecule has 0 spiro atoms. The fourth-order valence-electron chi connectivity index (χ4n) is 3.44. The van der Waals surface area contributed by atoms with Crippen molar-refractivity contribution in [1.82, 2.24) is 25.1 Å². The Morgan fingerprint density at radius 3 is 2.61 bits per heavy atom. The first-order valence-electron chi connectivity index (χ1n) is 10.4. The highest BCUT2D eigenvalue weighted by molar-refractivity contribution is 7.99. The van der Waals surface area contributed by atoms with E-state index in [4.69, 9.17) is 9.97 Å². The number of nitrogens with one attached hydrogen (secondary N) is 1. The van der Waals surface area contributed by atoms with E-state index in [9.17, 15) is 4.79 Å². The molecule has 3 heterocycles. The molecule has 0 atom stereocenters. The Hall–Kier alpha value is -1.83. The first kappa shape index (κ1) is 20.9. The predicted octanol–water partition coefficient (Wildman–Crippen LogP) is 3.48. The SMILES string of the molecule is CC(C)CC(=O)NCCn1ncc2c(N3CCCCC3)nc(SC(C)C)nc21. The summed E-state index contributed by atoms with van der Waals surface area (Å²) < 4.78 is 1.89. The molecule has 1 fully saturated rings. The maximum atomic E-state index is 11.9. The highest BCUT2D eigenvalue weighted by Gasteiger charge is 2.20. The molecule has 1 N–H and O–H groups in total. The average molecular weight is 405 g/mol. The van der Waals surface area contributed by atoms with Crippen LogP contribution in [0.25, 0.3) is 11.0 Å². The van der Waals surface area contributed by atoms with Gasteiger partial charge in [-0.3, -0.25) is 4.79 Å². The monoisotopic (exact) mass is 404 g/mol. The summed E-state index contributed by atoms with van der Waals surface area (Å²) in [6.07, 6.45) is 6.12. The van der Waals surface area contributed by atoms with E-state index in [0.29, 0.717) is 30.7 Å². The fourth-order valence-corrected chi connectivity index (χ4v) is 4.14. The largest absolute Gasteiger partial charge is 0.356 e. The van der Waals surface area contributed by atoms with E-state index in [2.05, 4.69) is 29.2 Å². The normalized spacial score (nSPS) is 15.0. The number of fused-ring (bicyclic) bond motifs is 1. The van der Waals surface area contributed by atoms with Crippen LogP contribution in [0.5, 0.6) is 0 Å². The Bertz CT molecular complexity index is 797. The van der Waals surface area contributed by atoms with E-state index in [0.717, 1.165) is 35.1 Å².